The molecule has 22 heavy (non-hydrogen) atoms. The van der Waals surface area contributed by atoms with Crippen LogP contribution >= 0.6 is 12.6 Å². The summed E-state index contributed by atoms with van der Waals surface area (Å²) in [5.74, 6) is -1.06. The average Bonchev–Trinajstić information content (AvgIpc) is 2.86. The number of ether oxygens (including phenoxy) is 1. The van der Waals surface area contributed by atoms with E-state index in [1.165, 1.54) is 17.7 Å². The van der Waals surface area contributed by atoms with Gasteiger partial charge in [-0.05, 0) is 26.8 Å². The van der Waals surface area contributed by atoms with Gasteiger partial charge >= 0.3 is 5.97 Å². The van der Waals surface area contributed by atoms with E-state index < -0.39 is 36.1 Å². The molecule has 1 heterocycles. The summed E-state index contributed by atoms with van der Waals surface area (Å²) in [6.45, 7) is 4.91. The molecule has 0 bridgehead atoms. The Morgan fingerprint density at radius 2 is 2.14 bits per heavy atom. The normalized spacial score (nSPS) is 13.8. The second-order valence-electron chi connectivity index (χ2n) is 4.63. The summed E-state index contributed by atoms with van der Waals surface area (Å²) in [4.78, 5) is 23.8. The first-order chi connectivity index (χ1) is 10.3. The maximum absolute atomic E-state index is 12.6. The lowest BCUT2D eigenvalue weighted by molar-refractivity contribution is -0.147. The number of thiol groups is 1. The molecule has 9 heteroatoms. The van der Waals surface area contributed by atoms with Crippen molar-refractivity contribution in [2.75, 3.05) is 12.4 Å². The molecule has 1 rings (SSSR count). The van der Waals surface area contributed by atoms with E-state index in [-0.39, 0.29) is 12.4 Å². The lowest BCUT2D eigenvalue weighted by atomic mass is 10.2. The van der Waals surface area contributed by atoms with Crippen LogP contribution in [0.5, 0.6) is 0 Å². The summed E-state index contributed by atoms with van der Waals surface area (Å²) >= 11 is 3.99. The molecule has 1 aromatic rings. The smallest absolute Gasteiger partial charge is 0.329 e. The van der Waals surface area contributed by atoms with Crippen molar-refractivity contribution in [1.29, 1.82) is 0 Å². The minimum atomic E-state index is -2.71. The highest BCUT2D eigenvalue weighted by Crippen LogP contribution is 2.20. The lowest BCUT2D eigenvalue weighted by Crippen LogP contribution is -2.45. The number of nitrogens with one attached hydrogen (secondary N) is 1. The minimum Gasteiger partial charge on any atom is -0.464 e. The van der Waals surface area contributed by atoms with Gasteiger partial charge in [-0.1, -0.05) is 0 Å². The number of aryl methyl sites for hydroxylation is 1. The predicted octanol–water partition coefficient (Wildman–Crippen LogP) is 1.67. The SMILES string of the molecule is CCOC(=O)[C@H](CS)NC(=O)[C@@H](C)n1nc(C(F)F)cc1C. The summed E-state index contributed by atoms with van der Waals surface area (Å²) in [5, 5.41) is 6.19. The number of nitrogens with zero attached hydrogens (tertiary/aromatic N) is 2. The van der Waals surface area contributed by atoms with E-state index >= 15 is 0 Å². The number of halogens is 2. The van der Waals surface area contributed by atoms with Crippen LogP contribution in [0.4, 0.5) is 8.78 Å². The molecule has 124 valence electrons. The van der Waals surface area contributed by atoms with Crippen molar-refractivity contribution in [1.82, 2.24) is 15.1 Å². The van der Waals surface area contributed by atoms with Crippen molar-refractivity contribution in [3.8, 4) is 0 Å². The van der Waals surface area contributed by atoms with Crippen molar-refractivity contribution < 1.29 is 23.1 Å². The fraction of sp³-hybridized carbons (Fsp3) is 0.615. The molecule has 0 unspecified atom stereocenters. The highest BCUT2D eigenvalue weighted by Gasteiger charge is 2.26. The first-order valence-electron chi connectivity index (χ1n) is 6.73. The van der Waals surface area contributed by atoms with Gasteiger partial charge in [-0.15, -0.1) is 0 Å². The summed E-state index contributed by atoms with van der Waals surface area (Å²) < 4.78 is 31.3. The molecular formula is C13H19F2N3O3S. The monoisotopic (exact) mass is 335 g/mol. The van der Waals surface area contributed by atoms with Crippen molar-refractivity contribution in [2.45, 2.75) is 39.3 Å². The number of rotatable bonds is 7. The molecule has 0 aromatic carbocycles. The van der Waals surface area contributed by atoms with Gasteiger partial charge in [0.1, 0.15) is 17.8 Å². The number of esters is 1. The van der Waals surface area contributed by atoms with E-state index in [9.17, 15) is 18.4 Å². The van der Waals surface area contributed by atoms with Crippen molar-refractivity contribution in [3.05, 3.63) is 17.5 Å². The van der Waals surface area contributed by atoms with Crippen LogP contribution in [0.2, 0.25) is 0 Å². The first kappa shape index (κ1) is 18.4. The molecule has 2 atom stereocenters. The molecule has 0 fully saturated rings. The Balaban J connectivity index is 2.82. The Labute approximate surface area is 132 Å². The first-order valence-corrected chi connectivity index (χ1v) is 7.37. The number of hydrogen-bond acceptors (Lipinski definition) is 5. The molecule has 0 saturated carbocycles. The minimum absolute atomic E-state index is 0.0671. The van der Waals surface area contributed by atoms with Crippen molar-refractivity contribution in [3.63, 3.8) is 0 Å². The third-order valence-corrected chi connectivity index (χ3v) is 3.35. The van der Waals surface area contributed by atoms with Gasteiger partial charge in [-0.25, -0.2) is 13.6 Å². The standard InChI is InChI=1S/C13H19F2N3O3S/c1-4-21-13(20)10(6-22)16-12(19)8(3)18-7(2)5-9(17-18)11(14)15/h5,8,10-11,22H,4,6H2,1-3H3,(H,16,19)/t8-,10+/m1/s1. The number of carbonyl (C=O) groups is 2. The number of aromatic nitrogens is 2. The molecule has 6 nitrogen and oxygen atoms in total. The van der Waals surface area contributed by atoms with Gasteiger partial charge in [-0.3, -0.25) is 9.48 Å². The maximum Gasteiger partial charge on any atom is 0.329 e. The zero-order chi connectivity index (χ0) is 16.9. The van der Waals surface area contributed by atoms with E-state index in [4.69, 9.17) is 4.74 Å². The predicted molar refractivity (Wildman–Crippen MR) is 79.0 cm³/mol. The molecule has 0 spiro atoms. The second kappa shape index (κ2) is 8.11. The quantitative estimate of drug-likeness (QED) is 0.587. The highest BCUT2D eigenvalue weighted by molar-refractivity contribution is 7.80. The maximum atomic E-state index is 12.6. The Morgan fingerprint density at radius 1 is 1.50 bits per heavy atom. The van der Waals surface area contributed by atoms with Gasteiger partial charge in [0.2, 0.25) is 5.91 Å². The summed E-state index contributed by atoms with van der Waals surface area (Å²) in [5.41, 5.74) is 0.0322. The lowest BCUT2D eigenvalue weighted by Gasteiger charge is -2.19. The van der Waals surface area contributed by atoms with E-state index in [1.807, 2.05) is 0 Å². The van der Waals surface area contributed by atoms with E-state index in [1.54, 1.807) is 13.8 Å². The summed E-state index contributed by atoms with van der Waals surface area (Å²) in [6, 6.07) is -0.524. The summed E-state index contributed by atoms with van der Waals surface area (Å²) in [6.07, 6.45) is -2.71. The second-order valence-corrected chi connectivity index (χ2v) is 4.99. The zero-order valence-electron chi connectivity index (χ0n) is 12.5. The van der Waals surface area contributed by atoms with Gasteiger partial charge in [0.15, 0.2) is 0 Å². The molecular weight excluding hydrogens is 316 g/mol. The molecule has 0 radical (unpaired) electrons. The molecule has 1 N–H and O–H groups in total. The van der Waals surface area contributed by atoms with Crippen molar-refractivity contribution >= 4 is 24.5 Å². The molecule has 1 amide bonds. The van der Waals surface area contributed by atoms with Crippen LogP contribution < -0.4 is 5.32 Å². The fourth-order valence-corrected chi connectivity index (χ4v) is 2.08. The van der Waals surface area contributed by atoms with Crippen LogP contribution in [-0.4, -0.2) is 40.1 Å². The fourth-order valence-electron chi connectivity index (χ4n) is 1.84. The Kier molecular flexibility index (Phi) is 6.79. The van der Waals surface area contributed by atoms with E-state index in [0.717, 1.165) is 0 Å². The van der Waals surface area contributed by atoms with Crippen LogP contribution in [0.3, 0.4) is 0 Å². The average molecular weight is 335 g/mol. The Bertz CT molecular complexity index is 537. The van der Waals surface area contributed by atoms with Gasteiger partial charge in [-0.2, -0.15) is 17.7 Å². The molecule has 1 aromatic heterocycles. The van der Waals surface area contributed by atoms with Gasteiger partial charge in [0.05, 0.1) is 6.61 Å². The van der Waals surface area contributed by atoms with Gasteiger partial charge in [0.25, 0.3) is 6.43 Å². The number of amides is 1. The molecule has 0 aliphatic rings. The Morgan fingerprint density at radius 3 is 2.59 bits per heavy atom. The van der Waals surface area contributed by atoms with Crippen LogP contribution in [-0.2, 0) is 14.3 Å². The van der Waals surface area contributed by atoms with Gasteiger partial charge in [0, 0.05) is 11.4 Å². The third-order valence-electron chi connectivity index (χ3n) is 2.98. The van der Waals surface area contributed by atoms with Crippen LogP contribution in [0.15, 0.2) is 6.07 Å². The summed E-state index contributed by atoms with van der Waals surface area (Å²) in [7, 11) is 0. The highest BCUT2D eigenvalue weighted by atomic mass is 32.1. The van der Waals surface area contributed by atoms with Crippen LogP contribution in [0.25, 0.3) is 0 Å². The number of hydrogen-bond donors (Lipinski definition) is 2. The topological polar surface area (TPSA) is 73.2 Å². The molecule has 0 aliphatic heterocycles. The van der Waals surface area contributed by atoms with E-state index in [0.29, 0.717) is 5.69 Å². The molecule has 0 saturated heterocycles. The zero-order valence-corrected chi connectivity index (χ0v) is 13.4. The van der Waals surface area contributed by atoms with Crippen LogP contribution in [0.1, 0.15) is 37.7 Å². The number of carbonyl (C=O) groups excluding carboxylic acids is 2. The number of alkyl halides is 2. The molecule has 0 aliphatic carbocycles. The van der Waals surface area contributed by atoms with E-state index in [2.05, 4.69) is 23.0 Å². The van der Waals surface area contributed by atoms with Gasteiger partial charge < -0.3 is 10.1 Å². The third kappa shape index (κ3) is 4.43. The van der Waals surface area contributed by atoms with Crippen molar-refractivity contribution in [2.24, 2.45) is 0 Å². The Hall–Kier alpha value is -1.64. The van der Waals surface area contributed by atoms with Crippen LogP contribution in [0, 0.1) is 6.92 Å². The largest absolute Gasteiger partial charge is 0.464 e.